The largest absolute Gasteiger partial charge is 0.343 e. The Balaban J connectivity index is 1.47. The zero-order valence-electron chi connectivity index (χ0n) is 15.1. The first-order valence-electron chi connectivity index (χ1n) is 9.14. The fourth-order valence-corrected chi connectivity index (χ4v) is 3.46. The number of imidazole rings is 1. The van der Waals surface area contributed by atoms with Crippen molar-refractivity contribution in [2.75, 3.05) is 13.1 Å². The van der Waals surface area contributed by atoms with Gasteiger partial charge in [-0.15, -0.1) is 0 Å². The fraction of sp³-hybridized carbons (Fsp3) is 0.556. The predicted molar refractivity (Wildman–Crippen MR) is 96.8 cm³/mol. The summed E-state index contributed by atoms with van der Waals surface area (Å²) in [5.74, 6) is 1.72. The number of nitrogens with zero attached hydrogens (tertiary/aromatic N) is 4. The highest BCUT2D eigenvalue weighted by Gasteiger charge is 2.23. The molecule has 3 rings (SSSR count). The summed E-state index contributed by atoms with van der Waals surface area (Å²) in [5, 5.41) is 0. The summed E-state index contributed by atoms with van der Waals surface area (Å²) in [4.78, 5) is 43.5. The molecule has 1 aliphatic heterocycles. The zero-order chi connectivity index (χ0) is 18.5. The molecule has 0 unspecified atom stereocenters. The third-order valence-electron chi connectivity index (χ3n) is 5.00. The third kappa shape index (κ3) is 4.30. The van der Waals surface area contributed by atoms with E-state index in [0.717, 1.165) is 44.7 Å². The van der Waals surface area contributed by atoms with Crippen molar-refractivity contribution in [3.63, 3.8) is 0 Å². The second-order valence-corrected chi connectivity index (χ2v) is 6.73. The van der Waals surface area contributed by atoms with Gasteiger partial charge in [0.15, 0.2) is 0 Å². The standard InChI is InChI=1S/C18H25N5O3/c1-2-15-19-7-12-23(15)13-14-3-8-21(9-4-14)17(25)6-11-22-10-5-16(24)20-18(22)26/h5,7,10,12,14H,2-4,6,8-9,11,13H2,1H3,(H,20,24,26). The molecule has 1 N–H and O–H groups in total. The highest BCUT2D eigenvalue weighted by atomic mass is 16.2. The monoisotopic (exact) mass is 359 g/mol. The van der Waals surface area contributed by atoms with E-state index in [0.29, 0.717) is 5.92 Å². The van der Waals surface area contributed by atoms with Gasteiger partial charge in [0.1, 0.15) is 5.82 Å². The Kier molecular flexibility index (Phi) is 5.70. The number of aromatic amines is 1. The summed E-state index contributed by atoms with van der Waals surface area (Å²) in [6.07, 6.45) is 8.44. The first kappa shape index (κ1) is 18.2. The van der Waals surface area contributed by atoms with Crippen molar-refractivity contribution in [1.29, 1.82) is 0 Å². The van der Waals surface area contributed by atoms with Crippen molar-refractivity contribution < 1.29 is 4.79 Å². The number of H-pyrrole nitrogens is 1. The van der Waals surface area contributed by atoms with Crippen LogP contribution < -0.4 is 11.2 Å². The van der Waals surface area contributed by atoms with Crippen molar-refractivity contribution in [3.8, 4) is 0 Å². The van der Waals surface area contributed by atoms with E-state index in [1.165, 1.54) is 16.8 Å². The minimum atomic E-state index is -0.476. The molecule has 3 heterocycles. The van der Waals surface area contributed by atoms with E-state index in [1.54, 1.807) is 0 Å². The highest BCUT2D eigenvalue weighted by Crippen LogP contribution is 2.20. The van der Waals surface area contributed by atoms with Gasteiger partial charge in [-0.25, -0.2) is 9.78 Å². The predicted octanol–water partition coefficient (Wildman–Crippen LogP) is 0.624. The first-order chi connectivity index (χ1) is 12.6. The molecule has 1 amide bonds. The van der Waals surface area contributed by atoms with E-state index in [-0.39, 0.29) is 18.9 Å². The number of aryl methyl sites for hydroxylation is 2. The van der Waals surface area contributed by atoms with E-state index in [2.05, 4.69) is 21.5 Å². The second-order valence-electron chi connectivity index (χ2n) is 6.73. The molecule has 0 aliphatic carbocycles. The van der Waals surface area contributed by atoms with Gasteiger partial charge in [-0.2, -0.15) is 0 Å². The molecule has 0 atom stereocenters. The van der Waals surface area contributed by atoms with Gasteiger partial charge in [-0.05, 0) is 18.8 Å². The molecule has 0 spiro atoms. The van der Waals surface area contributed by atoms with Crippen molar-refractivity contribution in [2.45, 2.75) is 45.7 Å². The van der Waals surface area contributed by atoms with Crippen LogP contribution >= 0.6 is 0 Å². The van der Waals surface area contributed by atoms with Crippen LogP contribution in [-0.4, -0.2) is 43.0 Å². The van der Waals surface area contributed by atoms with Crippen LogP contribution in [0.5, 0.6) is 0 Å². The summed E-state index contributed by atoms with van der Waals surface area (Å²) in [6, 6.07) is 1.29. The maximum absolute atomic E-state index is 12.4. The summed E-state index contributed by atoms with van der Waals surface area (Å²) in [5.41, 5.74) is -0.903. The first-order valence-corrected chi connectivity index (χ1v) is 9.14. The van der Waals surface area contributed by atoms with E-state index in [9.17, 15) is 14.4 Å². The van der Waals surface area contributed by atoms with Crippen molar-refractivity contribution in [1.82, 2.24) is 24.0 Å². The van der Waals surface area contributed by atoms with Gasteiger partial charge in [0.2, 0.25) is 5.91 Å². The summed E-state index contributed by atoms with van der Waals surface area (Å²) in [6.45, 7) is 4.84. The van der Waals surface area contributed by atoms with Crippen LogP contribution in [0.2, 0.25) is 0 Å². The SMILES string of the molecule is CCc1nccn1CC1CCN(C(=O)CCn2ccc(=O)[nH]c2=O)CC1. The van der Waals surface area contributed by atoms with E-state index in [1.807, 2.05) is 17.3 Å². The number of rotatable bonds is 6. The normalized spacial score (nSPS) is 15.3. The van der Waals surface area contributed by atoms with Crippen LogP contribution in [0, 0.1) is 5.92 Å². The van der Waals surface area contributed by atoms with Crippen LogP contribution in [0.15, 0.2) is 34.2 Å². The van der Waals surface area contributed by atoms with Crippen molar-refractivity contribution >= 4 is 5.91 Å². The van der Waals surface area contributed by atoms with Gasteiger partial charge >= 0.3 is 5.69 Å². The van der Waals surface area contributed by atoms with E-state index >= 15 is 0 Å². The molecule has 26 heavy (non-hydrogen) atoms. The number of aromatic nitrogens is 4. The molecule has 1 fully saturated rings. The Hall–Kier alpha value is -2.64. The van der Waals surface area contributed by atoms with Crippen molar-refractivity contribution in [3.05, 3.63) is 51.3 Å². The summed E-state index contributed by atoms with van der Waals surface area (Å²) < 4.78 is 3.57. The maximum atomic E-state index is 12.4. The van der Waals surface area contributed by atoms with Crippen LogP contribution in [-0.2, 0) is 24.3 Å². The van der Waals surface area contributed by atoms with Crippen LogP contribution in [0.4, 0.5) is 0 Å². The Labute approximate surface area is 151 Å². The molecular weight excluding hydrogens is 334 g/mol. The molecule has 8 heteroatoms. The van der Waals surface area contributed by atoms with Gasteiger partial charge in [-0.3, -0.25) is 14.6 Å². The molecule has 2 aromatic rings. The number of nitrogens with one attached hydrogen (secondary N) is 1. The molecule has 0 radical (unpaired) electrons. The zero-order valence-corrected chi connectivity index (χ0v) is 15.1. The molecular formula is C18H25N5O3. The lowest BCUT2D eigenvalue weighted by Gasteiger charge is -2.32. The Morgan fingerprint density at radius 1 is 1.23 bits per heavy atom. The minimum absolute atomic E-state index is 0.0541. The van der Waals surface area contributed by atoms with E-state index < -0.39 is 11.2 Å². The lowest BCUT2D eigenvalue weighted by atomic mass is 9.96. The van der Waals surface area contributed by atoms with Gasteiger partial charge in [0.05, 0.1) is 0 Å². The van der Waals surface area contributed by atoms with Crippen LogP contribution in [0.25, 0.3) is 0 Å². The van der Waals surface area contributed by atoms with Gasteiger partial charge < -0.3 is 14.0 Å². The molecule has 0 saturated carbocycles. The number of carbonyl (C=O) groups excluding carboxylic acids is 1. The minimum Gasteiger partial charge on any atom is -0.343 e. The third-order valence-corrected chi connectivity index (χ3v) is 5.00. The maximum Gasteiger partial charge on any atom is 0.328 e. The number of hydrogen-bond acceptors (Lipinski definition) is 4. The molecule has 2 aromatic heterocycles. The molecule has 0 bridgehead atoms. The smallest absolute Gasteiger partial charge is 0.328 e. The lowest BCUT2D eigenvalue weighted by Crippen LogP contribution is -2.40. The molecule has 1 aliphatic rings. The van der Waals surface area contributed by atoms with Crippen LogP contribution in [0.1, 0.15) is 32.0 Å². The molecule has 140 valence electrons. The van der Waals surface area contributed by atoms with Gasteiger partial charge in [0, 0.05) is 63.7 Å². The Morgan fingerprint density at radius 2 is 2.00 bits per heavy atom. The molecule has 0 aromatic carbocycles. The molecule has 1 saturated heterocycles. The van der Waals surface area contributed by atoms with Gasteiger partial charge in [0.25, 0.3) is 5.56 Å². The van der Waals surface area contributed by atoms with Crippen molar-refractivity contribution in [2.24, 2.45) is 5.92 Å². The van der Waals surface area contributed by atoms with Gasteiger partial charge in [-0.1, -0.05) is 6.92 Å². The lowest BCUT2D eigenvalue weighted by molar-refractivity contribution is -0.132. The van der Waals surface area contributed by atoms with E-state index in [4.69, 9.17) is 0 Å². The quantitative estimate of drug-likeness (QED) is 0.818. The Bertz CT molecular complexity index is 858. The average Bonchev–Trinajstić information content (AvgIpc) is 3.08. The second kappa shape index (κ2) is 8.16. The number of likely N-dealkylation sites (tertiary alicyclic amines) is 1. The Morgan fingerprint density at radius 3 is 2.69 bits per heavy atom. The fourth-order valence-electron chi connectivity index (χ4n) is 3.46. The highest BCUT2D eigenvalue weighted by molar-refractivity contribution is 5.76. The number of carbonyl (C=O) groups is 1. The summed E-state index contributed by atoms with van der Waals surface area (Å²) in [7, 11) is 0. The average molecular weight is 359 g/mol. The number of hydrogen-bond donors (Lipinski definition) is 1. The summed E-state index contributed by atoms with van der Waals surface area (Å²) >= 11 is 0. The van der Waals surface area contributed by atoms with Crippen LogP contribution in [0.3, 0.4) is 0 Å². The number of piperidine rings is 1. The number of amides is 1. The topological polar surface area (TPSA) is 93.0 Å². The molecule has 8 nitrogen and oxygen atoms in total.